The molecule has 0 fully saturated rings. The van der Waals surface area contributed by atoms with Crippen LogP contribution in [0.15, 0.2) is 4.42 Å². The maximum absolute atomic E-state index is 5.60. The van der Waals surface area contributed by atoms with Crippen molar-refractivity contribution in [3.05, 3.63) is 22.6 Å². The molecule has 1 aromatic rings. The van der Waals surface area contributed by atoms with Crippen LogP contribution in [0.3, 0.4) is 0 Å². The minimum atomic E-state index is 0.616. The van der Waals surface area contributed by atoms with Crippen molar-refractivity contribution in [2.24, 2.45) is 5.73 Å². The molecule has 1 aliphatic heterocycles. The number of hydrogen-bond acceptors (Lipinski definition) is 3. The Morgan fingerprint density at radius 1 is 1.55 bits per heavy atom. The van der Waals surface area contributed by atoms with Gasteiger partial charge in [-0.1, -0.05) is 0 Å². The predicted octanol–water partition coefficient (Wildman–Crippen LogP) is 1.79. The third-order valence-electron chi connectivity index (χ3n) is 2.09. The number of furan rings is 1. The predicted molar refractivity (Wildman–Crippen MR) is 46.3 cm³/mol. The smallest absolute Gasteiger partial charge is 0.118 e. The van der Waals surface area contributed by atoms with Crippen molar-refractivity contribution in [1.82, 2.24) is 0 Å². The molecule has 1 aliphatic rings. The van der Waals surface area contributed by atoms with Gasteiger partial charge in [-0.2, -0.15) is 0 Å². The molecule has 0 saturated carbocycles. The van der Waals surface area contributed by atoms with Crippen LogP contribution >= 0.6 is 11.8 Å². The molecule has 60 valence electrons. The lowest BCUT2D eigenvalue weighted by molar-refractivity contribution is 0.498. The Balaban J connectivity index is 2.52. The van der Waals surface area contributed by atoms with E-state index in [1.54, 1.807) is 0 Å². The minimum Gasteiger partial charge on any atom is -0.465 e. The Morgan fingerprint density at radius 2 is 2.36 bits per heavy atom. The van der Waals surface area contributed by atoms with E-state index in [-0.39, 0.29) is 0 Å². The second-order valence-electron chi connectivity index (χ2n) is 2.74. The van der Waals surface area contributed by atoms with Crippen molar-refractivity contribution in [3.8, 4) is 0 Å². The van der Waals surface area contributed by atoms with Crippen LogP contribution in [0.4, 0.5) is 0 Å². The van der Waals surface area contributed by atoms with E-state index in [0.29, 0.717) is 6.54 Å². The molecule has 2 heterocycles. The van der Waals surface area contributed by atoms with E-state index in [4.69, 9.17) is 10.2 Å². The molecular formula is C8H11NOS. The van der Waals surface area contributed by atoms with Crippen LogP contribution in [0, 0.1) is 6.92 Å². The largest absolute Gasteiger partial charge is 0.465 e. The molecular weight excluding hydrogens is 158 g/mol. The van der Waals surface area contributed by atoms with Crippen molar-refractivity contribution >= 4 is 11.8 Å². The Kier molecular flexibility index (Phi) is 1.69. The molecule has 0 radical (unpaired) electrons. The van der Waals surface area contributed by atoms with E-state index in [2.05, 4.69) is 0 Å². The van der Waals surface area contributed by atoms with Crippen molar-refractivity contribution in [2.45, 2.75) is 25.0 Å². The summed E-state index contributed by atoms with van der Waals surface area (Å²) >= 11 is 1.90. The fourth-order valence-corrected chi connectivity index (χ4v) is 2.55. The SMILES string of the molecule is Cc1oc2c(c1CN)CSC2. The molecule has 0 saturated heterocycles. The molecule has 0 atom stereocenters. The van der Waals surface area contributed by atoms with Crippen molar-refractivity contribution in [2.75, 3.05) is 0 Å². The fraction of sp³-hybridized carbons (Fsp3) is 0.500. The zero-order valence-corrected chi connectivity index (χ0v) is 7.33. The fourth-order valence-electron chi connectivity index (χ4n) is 1.49. The number of rotatable bonds is 1. The average molecular weight is 169 g/mol. The number of hydrogen-bond donors (Lipinski definition) is 1. The maximum Gasteiger partial charge on any atom is 0.118 e. The van der Waals surface area contributed by atoms with E-state index in [1.165, 1.54) is 11.1 Å². The summed E-state index contributed by atoms with van der Waals surface area (Å²) in [7, 11) is 0. The first-order valence-corrected chi connectivity index (χ1v) is 4.86. The molecule has 0 amide bonds. The maximum atomic E-state index is 5.60. The van der Waals surface area contributed by atoms with Crippen molar-refractivity contribution in [3.63, 3.8) is 0 Å². The first kappa shape index (κ1) is 7.25. The number of fused-ring (bicyclic) bond motifs is 1. The Hall–Kier alpha value is -0.410. The monoisotopic (exact) mass is 169 g/mol. The van der Waals surface area contributed by atoms with Crippen LogP contribution in [-0.2, 0) is 18.1 Å². The van der Waals surface area contributed by atoms with Crippen LogP contribution in [0.1, 0.15) is 22.6 Å². The van der Waals surface area contributed by atoms with Gasteiger partial charge in [-0.3, -0.25) is 0 Å². The Morgan fingerprint density at radius 3 is 3.09 bits per heavy atom. The third-order valence-corrected chi connectivity index (χ3v) is 3.04. The molecule has 0 unspecified atom stereocenters. The molecule has 0 spiro atoms. The summed E-state index contributed by atoms with van der Waals surface area (Å²) in [5.41, 5.74) is 8.18. The lowest BCUT2D eigenvalue weighted by atomic mass is 10.1. The standard InChI is InChI=1S/C8H11NOS/c1-5-6(2-9)7-3-11-4-8(7)10-5/h2-4,9H2,1H3. The van der Waals surface area contributed by atoms with E-state index >= 15 is 0 Å². The average Bonchev–Trinajstić information content (AvgIpc) is 2.46. The summed E-state index contributed by atoms with van der Waals surface area (Å²) in [5, 5.41) is 0. The minimum absolute atomic E-state index is 0.616. The van der Waals surface area contributed by atoms with Gasteiger partial charge in [0.15, 0.2) is 0 Å². The molecule has 3 heteroatoms. The normalized spacial score (nSPS) is 15.5. The zero-order chi connectivity index (χ0) is 7.84. The van der Waals surface area contributed by atoms with Gasteiger partial charge in [-0.15, -0.1) is 11.8 Å². The van der Waals surface area contributed by atoms with Crippen LogP contribution in [0.25, 0.3) is 0 Å². The Labute approximate surface area is 70.1 Å². The van der Waals surface area contributed by atoms with Crippen LogP contribution < -0.4 is 5.73 Å². The van der Waals surface area contributed by atoms with Gasteiger partial charge in [0.05, 0.1) is 5.75 Å². The molecule has 2 N–H and O–H groups in total. The van der Waals surface area contributed by atoms with Crippen molar-refractivity contribution < 1.29 is 4.42 Å². The van der Waals surface area contributed by atoms with Gasteiger partial charge in [0.2, 0.25) is 0 Å². The highest BCUT2D eigenvalue weighted by Crippen LogP contribution is 2.35. The zero-order valence-electron chi connectivity index (χ0n) is 6.52. The molecule has 0 bridgehead atoms. The first-order valence-electron chi connectivity index (χ1n) is 3.70. The lowest BCUT2D eigenvalue weighted by Crippen LogP contribution is -1.98. The van der Waals surface area contributed by atoms with Gasteiger partial charge in [0.1, 0.15) is 11.5 Å². The summed E-state index contributed by atoms with van der Waals surface area (Å²) in [6.45, 7) is 2.61. The number of thioether (sulfide) groups is 1. The third kappa shape index (κ3) is 0.993. The van der Waals surface area contributed by atoms with Crippen molar-refractivity contribution in [1.29, 1.82) is 0 Å². The quantitative estimate of drug-likeness (QED) is 0.696. The van der Waals surface area contributed by atoms with Gasteiger partial charge in [0.25, 0.3) is 0 Å². The Bertz CT molecular complexity index is 280. The summed E-state index contributed by atoms with van der Waals surface area (Å²) < 4.78 is 5.55. The van der Waals surface area contributed by atoms with E-state index in [9.17, 15) is 0 Å². The van der Waals surface area contributed by atoms with Crippen LogP contribution in [0.5, 0.6) is 0 Å². The molecule has 2 rings (SSSR count). The summed E-state index contributed by atoms with van der Waals surface area (Å²) in [5.74, 6) is 4.26. The topological polar surface area (TPSA) is 39.2 Å². The van der Waals surface area contributed by atoms with Gasteiger partial charge in [0, 0.05) is 23.4 Å². The summed E-state index contributed by atoms with van der Waals surface area (Å²) in [6.07, 6.45) is 0. The van der Waals surface area contributed by atoms with E-state index in [1.807, 2.05) is 18.7 Å². The van der Waals surface area contributed by atoms with Crippen LogP contribution in [-0.4, -0.2) is 0 Å². The number of nitrogens with two attached hydrogens (primary N) is 1. The summed E-state index contributed by atoms with van der Waals surface area (Å²) in [4.78, 5) is 0. The second-order valence-corrected chi connectivity index (χ2v) is 3.72. The highest BCUT2D eigenvalue weighted by Gasteiger charge is 2.21. The van der Waals surface area contributed by atoms with Gasteiger partial charge in [-0.25, -0.2) is 0 Å². The lowest BCUT2D eigenvalue weighted by Gasteiger charge is -1.94. The van der Waals surface area contributed by atoms with E-state index < -0.39 is 0 Å². The molecule has 0 aliphatic carbocycles. The molecule has 1 aromatic heterocycles. The van der Waals surface area contributed by atoms with Crippen LogP contribution in [0.2, 0.25) is 0 Å². The molecule has 0 aromatic carbocycles. The molecule has 2 nitrogen and oxygen atoms in total. The summed E-state index contributed by atoms with van der Waals surface area (Å²) in [6, 6.07) is 0. The van der Waals surface area contributed by atoms with Gasteiger partial charge < -0.3 is 10.2 Å². The van der Waals surface area contributed by atoms with Gasteiger partial charge >= 0.3 is 0 Å². The first-order chi connectivity index (χ1) is 5.33. The second kappa shape index (κ2) is 2.57. The highest BCUT2D eigenvalue weighted by molar-refractivity contribution is 7.98. The van der Waals surface area contributed by atoms with E-state index in [0.717, 1.165) is 23.0 Å². The number of aryl methyl sites for hydroxylation is 1. The molecule has 11 heavy (non-hydrogen) atoms. The highest BCUT2D eigenvalue weighted by atomic mass is 32.2. The van der Waals surface area contributed by atoms with Gasteiger partial charge in [-0.05, 0) is 6.92 Å².